The van der Waals surface area contributed by atoms with Gasteiger partial charge in [-0.15, -0.1) is 11.3 Å². The highest BCUT2D eigenvalue weighted by molar-refractivity contribution is 7.13. The van der Waals surface area contributed by atoms with Crippen LogP contribution in [-0.2, 0) is 11.3 Å². The molecule has 0 aliphatic carbocycles. The smallest absolute Gasteiger partial charge is 0.241 e. The lowest BCUT2D eigenvalue weighted by Crippen LogP contribution is -2.42. The first kappa shape index (κ1) is 11.8. The van der Waals surface area contributed by atoms with Gasteiger partial charge >= 0.3 is 0 Å². The maximum Gasteiger partial charge on any atom is 0.241 e. The molecule has 0 aromatic carbocycles. The van der Waals surface area contributed by atoms with Crippen LogP contribution in [0.4, 0.5) is 0 Å². The highest BCUT2D eigenvalue weighted by Crippen LogP contribution is 2.22. The van der Waals surface area contributed by atoms with Crippen molar-refractivity contribution < 1.29 is 9.26 Å². The minimum atomic E-state index is 0.399. The summed E-state index contributed by atoms with van der Waals surface area (Å²) in [6, 6.07) is 4.38. The summed E-state index contributed by atoms with van der Waals surface area (Å²) in [6.45, 7) is 5.30. The highest BCUT2D eigenvalue weighted by Gasteiger charge is 2.21. The third-order valence-corrected chi connectivity index (χ3v) is 3.92. The average molecular weight is 265 g/mol. The molecule has 96 valence electrons. The van der Waals surface area contributed by atoms with Crippen LogP contribution < -0.4 is 0 Å². The SMILES string of the molecule is C[C@@H]1COCCN1Cc1nc(-c2cccs2)no1. The highest BCUT2D eigenvalue weighted by atomic mass is 32.1. The van der Waals surface area contributed by atoms with Crippen LogP contribution in [0.15, 0.2) is 22.0 Å². The molecule has 1 atom stereocenters. The van der Waals surface area contributed by atoms with Crippen molar-refractivity contribution in [3.05, 3.63) is 23.4 Å². The number of thiophene rings is 1. The summed E-state index contributed by atoms with van der Waals surface area (Å²) in [5.74, 6) is 1.35. The third kappa shape index (κ3) is 2.45. The fourth-order valence-corrected chi connectivity index (χ4v) is 2.64. The van der Waals surface area contributed by atoms with Gasteiger partial charge < -0.3 is 9.26 Å². The lowest BCUT2D eigenvalue weighted by molar-refractivity contribution is -0.00852. The van der Waals surface area contributed by atoms with E-state index in [1.165, 1.54) is 0 Å². The molecule has 3 rings (SSSR count). The Hall–Kier alpha value is -1.24. The van der Waals surface area contributed by atoms with E-state index in [0.29, 0.717) is 24.3 Å². The van der Waals surface area contributed by atoms with E-state index in [2.05, 4.69) is 22.0 Å². The summed E-state index contributed by atoms with van der Waals surface area (Å²) in [7, 11) is 0. The standard InChI is InChI=1S/C12H15N3O2S/c1-9-8-16-5-4-15(9)7-11-13-12(14-17-11)10-3-2-6-18-10/h2-3,6,9H,4-5,7-8H2,1H3/t9-/m1/s1. The summed E-state index contributed by atoms with van der Waals surface area (Å²) in [5.41, 5.74) is 0. The van der Waals surface area contributed by atoms with Gasteiger partial charge in [0.15, 0.2) is 0 Å². The van der Waals surface area contributed by atoms with Gasteiger partial charge in [0.25, 0.3) is 0 Å². The van der Waals surface area contributed by atoms with Gasteiger partial charge in [0.2, 0.25) is 11.7 Å². The van der Waals surface area contributed by atoms with Crippen LogP contribution in [-0.4, -0.2) is 40.8 Å². The molecule has 0 saturated carbocycles. The summed E-state index contributed by atoms with van der Waals surface area (Å²) in [4.78, 5) is 7.77. The van der Waals surface area contributed by atoms with E-state index in [1.807, 2.05) is 17.5 Å². The second-order valence-corrected chi connectivity index (χ2v) is 5.33. The number of rotatable bonds is 3. The molecule has 0 radical (unpaired) electrons. The predicted octanol–water partition coefficient (Wildman–Crippen LogP) is 2.02. The second-order valence-electron chi connectivity index (χ2n) is 4.38. The van der Waals surface area contributed by atoms with Crippen molar-refractivity contribution in [2.45, 2.75) is 19.5 Å². The lowest BCUT2D eigenvalue weighted by Gasteiger charge is -2.31. The molecule has 5 nitrogen and oxygen atoms in total. The number of aromatic nitrogens is 2. The van der Waals surface area contributed by atoms with Gasteiger partial charge in [0, 0.05) is 12.6 Å². The number of nitrogens with zero attached hydrogens (tertiary/aromatic N) is 3. The number of morpholine rings is 1. The van der Waals surface area contributed by atoms with Crippen molar-refractivity contribution in [1.29, 1.82) is 0 Å². The molecule has 1 fully saturated rings. The van der Waals surface area contributed by atoms with E-state index >= 15 is 0 Å². The molecule has 0 bridgehead atoms. The first-order valence-corrected chi connectivity index (χ1v) is 6.89. The van der Waals surface area contributed by atoms with Crippen molar-refractivity contribution in [2.24, 2.45) is 0 Å². The van der Waals surface area contributed by atoms with E-state index in [0.717, 1.165) is 24.6 Å². The predicted molar refractivity (Wildman–Crippen MR) is 68.3 cm³/mol. The van der Waals surface area contributed by atoms with Crippen molar-refractivity contribution in [3.8, 4) is 10.7 Å². The van der Waals surface area contributed by atoms with Gasteiger partial charge in [-0.2, -0.15) is 4.98 Å². The quantitative estimate of drug-likeness (QED) is 0.849. The van der Waals surface area contributed by atoms with Crippen molar-refractivity contribution in [1.82, 2.24) is 15.0 Å². The first-order chi connectivity index (χ1) is 8.83. The Labute approximate surface area is 109 Å². The fourth-order valence-electron chi connectivity index (χ4n) is 2.00. The number of hydrogen-bond donors (Lipinski definition) is 0. The van der Waals surface area contributed by atoms with Gasteiger partial charge in [-0.05, 0) is 18.4 Å². The fraction of sp³-hybridized carbons (Fsp3) is 0.500. The third-order valence-electron chi connectivity index (χ3n) is 3.05. The number of ether oxygens (including phenoxy) is 1. The van der Waals surface area contributed by atoms with E-state index in [1.54, 1.807) is 11.3 Å². The zero-order chi connectivity index (χ0) is 12.4. The Morgan fingerprint density at radius 2 is 2.50 bits per heavy atom. The molecule has 0 unspecified atom stereocenters. The van der Waals surface area contributed by atoms with Gasteiger partial charge in [-0.3, -0.25) is 4.90 Å². The van der Waals surface area contributed by atoms with Gasteiger partial charge in [0.1, 0.15) is 0 Å². The van der Waals surface area contributed by atoms with Crippen LogP contribution in [0, 0.1) is 0 Å². The molecule has 2 aromatic heterocycles. The van der Waals surface area contributed by atoms with E-state index in [-0.39, 0.29) is 0 Å². The van der Waals surface area contributed by atoms with Crippen LogP contribution in [0.25, 0.3) is 10.7 Å². The maximum atomic E-state index is 5.41. The molecule has 3 heterocycles. The Kier molecular flexibility index (Phi) is 3.40. The van der Waals surface area contributed by atoms with E-state index in [4.69, 9.17) is 9.26 Å². The lowest BCUT2D eigenvalue weighted by atomic mass is 10.2. The molecule has 1 aliphatic heterocycles. The normalized spacial score (nSPS) is 21.3. The Morgan fingerprint density at radius 3 is 3.28 bits per heavy atom. The van der Waals surface area contributed by atoms with Crippen LogP contribution in [0.2, 0.25) is 0 Å². The molecule has 0 N–H and O–H groups in total. The summed E-state index contributed by atoms with van der Waals surface area (Å²) in [5, 5.41) is 6.02. The zero-order valence-corrected chi connectivity index (χ0v) is 11.0. The Balaban J connectivity index is 1.70. The molecular weight excluding hydrogens is 250 g/mol. The molecule has 1 saturated heterocycles. The van der Waals surface area contributed by atoms with Crippen LogP contribution in [0.5, 0.6) is 0 Å². The first-order valence-electron chi connectivity index (χ1n) is 6.01. The molecule has 1 aliphatic rings. The van der Waals surface area contributed by atoms with Gasteiger partial charge in [0.05, 0.1) is 24.6 Å². The maximum absolute atomic E-state index is 5.41. The van der Waals surface area contributed by atoms with Crippen LogP contribution in [0.1, 0.15) is 12.8 Å². The topological polar surface area (TPSA) is 51.4 Å². The summed E-state index contributed by atoms with van der Waals surface area (Å²) < 4.78 is 10.7. The molecule has 0 amide bonds. The zero-order valence-electron chi connectivity index (χ0n) is 10.2. The Morgan fingerprint density at radius 1 is 1.56 bits per heavy atom. The molecular formula is C12H15N3O2S. The second kappa shape index (κ2) is 5.17. The minimum Gasteiger partial charge on any atom is -0.379 e. The van der Waals surface area contributed by atoms with Gasteiger partial charge in [-0.25, -0.2) is 0 Å². The van der Waals surface area contributed by atoms with Crippen molar-refractivity contribution in [2.75, 3.05) is 19.8 Å². The summed E-state index contributed by atoms with van der Waals surface area (Å²) in [6.07, 6.45) is 0. The molecule has 18 heavy (non-hydrogen) atoms. The molecule has 2 aromatic rings. The largest absolute Gasteiger partial charge is 0.379 e. The van der Waals surface area contributed by atoms with E-state index < -0.39 is 0 Å². The van der Waals surface area contributed by atoms with Crippen molar-refractivity contribution >= 4 is 11.3 Å². The van der Waals surface area contributed by atoms with E-state index in [9.17, 15) is 0 Å². The minimum absolute atomic E-state index is 0.399. The summed E-state index contributed by atoms with van der Waals surface area (Å²) >= 11 is 1.62. The van der Waals surface area contributed by atoms with Crippen LogP contribution in [0.3, 0.4) is 0 Å². The monoisotopic (exact) mass is 265 g/mol. The molecule has 6 heteroatoms. The molecule has 0 spiro atoms. The average Bonchev–Trinajstić information content (AvgIpc) is 3.02. The number of hydrogen-bond acceptors (Lipinski definition) is 6. The van der Waals surface area contributed by atoms with Crippen molar-refractivity contribution in [3.63, 3.8) is 0 Å². The van der Waals surface area contributed by atoms with Gasteiger partial charge in [-0.1, -0.05) is 11.2 Å². The Bertz CT molecular complexity index is 497. The van der Waals surface area contributed by atoms with Crippen LogP contribution >= 0.6 is 11.3 Å².